The van der Waals surface area contributed by atoms with Crippen LogP contribution in [0.4, 0.5) is 5.69 Å². The average Bonchev–Trinajstić information content (AvgIpc) is 2.36. The molecule has 0 heterocycles. The number of rotatable bonds is 5. The first-order chi connectivity index (χ1) is 8.15. The molecule has 1 rings (SSSR count). The molecule has 17 heavy (non-hydrogen) atoms. The van der Waals surface area contributed by atoms with Crippen LogP contribution in [-0.2, 0) is 14.3 Å². The highest BCUT2D eigenvalue weighted by molar-refractivity contribution is 5.79. The Bertz CT molecular complexity index is 386. The zero-order chi connectivity index (χ0) is 12.7. The Labute approximate surface area is 99.7 Å². The summed E-state index contributed by atoms with van der Waals surface area (Å²) in [5.74, 6) is -0.418. The lowest BCUT2D eigenvalue weighted by Crippen LogP contribution is -2.11. The van der Waals surface area contributed by atoms with Crippen molar-refractivity contribution in [3.8, 4) is 5.75 Å². The Hall–Kier alpha value is -2.04. The van der Waals surface area contributed by atoms with Gasteiger partial charge in [0.15, 0.2) is 0 Å². The van der Waals surface area contributed by atoms with E-state index in [1.807, 2.05) is 0 Å². The summed E-state index contributed by atoms with van der Waals surface area (Å²) in [6, 6.07) is 6.95. The minimum atomic E-state index is -0.451. The summed E-state index contributed by atoms with van der Waals surface area (Å²) < 4.78 is 9.46. The third-order valence-electron chi connectivity index (χ3n) is 2.14. The molecule has 5 nitrogen and oxygen atoms in total. The van der Waals surface area contributed by atoms with Crippen molar-refractivity contribution >= 4 is 17.6 Å². The van der Waals surface area contributed by atoms with Crippen molar-refractivity contribution in [2.45, 2.75) is 12.8 Å². The van der Waals surface area contributed by atoms with E-state index in [4.69, 9.17) is 4.74 Å². The molecule has 0 amide bonds. The quantitative estimate of drug-likeness (QED) is 0.622. The molecular weight excluding hydrogens is 222 g/mol. The van der Waals surface area contributed by atoms with Crippen molar-refractivity contribution in [2.24, 2.45) is 0 Å². The highest BCUT2D eigenvalue weighted by atomic mass is 16.5. The summed E-state index contributed by atoms with van der Waals surface area (Å²) in [4.78, 5) is 22.2. The van der Waals surface area contributed by atoms with Gasteiger partial charge in [0.25, 0.3) is 0 Å². The van der Waals surface area contributed by atoms with Gasteiger partial charge in [0.05, 0.1) is 20.0 Å². The number of anilines is 1. The average molecular weight is 237 g/mol. The SMILES string of the molecule is CNc1ccc(OC(=O)CCC(=O)OC)cc1. The molecule has 5 heteroatoms. The fraction of sp³-hybridized carbons (Fsp3) is 0.333. The number of carbonyl (C=O) groups excluding carboxylic acids is 2. The van der Waals surface area contributed by atoms with Crippen LogP contribution in [0.3, 0.4) is 0 Å². The van der Waals surface area contributed by atoms with Gasteiger partial charge in [-0.2, -0.15) is 0 Å². The van der Waals surface area contributed by atoms with Gasteiger partial charge in [0.1, 0.15) is 5.75 Å². The summed E-state index contributed by atoms with van der Waals surface area (Å²) in [6.07, 6.45) is 0.0460. The normalized spacial score (nSPS) is 9.53. The Balaban J connectivity index is 2.42. The summed E-state index contributed by atoms with van der Waals surface area (Å²) in [5, 5.41) is 2.95. The second-order valence-electron chi connectivity index (χ2n) is 3.32. The minimum Gasteiger partial charge on any atom is -0.469 e. The lowest BCUT2D eigenvalue weighted by Gasteiger charge is -2.05. The molecule has 0 aromatic heterocycles. The van der Waals surface area contributed by atoms with Gasteiger partial charge in [-0.1, -0.05) is 0 Å². The smallest absolute Gasteiger partial charge is 0.311 e. The maximum atomic E-state index is 11.3. The molecule has 0 unspecified atom stereocenters. The molecule has 0 aliphatic rings. The van der Waals surface area contributed by atoms with Gasteiger partial charge in [-0.15, -0.1) is 0 Å². The molecule has 0 spiro atoms. The van der Waals surface area contributed by atoms with Gasteiger partial charge >= 0.3 is 11.9 Å². The van der Waals surface area contributed by atoms with Crippen LogP contribution in [0.2, 0.25) is 0 Å². The molecule has 92 valence electrons. The highest BCUT2D eigenvalue weighted by Gasteiger charge is 2.08. The number of benzene rings is 1. The van der Waals surface area contributed by atoms with Crippen LogP contribution in [-0.4, -0.2) is 26.1 Å². The van der Waals surface area contributed by atoms with Gasteiger partial charge in [-0.3, -0.25) is 9.59 Å². The van der Waals surface area contributed by atoms with Gasteiger partial charge in [-0.25, -0.2) is 0 Å². The predicted octanol–water partition coefficient (Wildman–Crippen LogP) is 1.59. The van der Waals surface area contributed by atoms with Crippen LogP contribution in [0.15, 0.2) is 24.3 Å². The molecule has 0 aliphatic heterocycles. The van der Waals surface area contributed by atoms with E-state index in [2.05, 4.69) is 10.1 Å². The highest BCUT2D eigenvalue weighted by Crippen LogP contribution is 2.15. The first kappa shape index (κ1) is 13.0. The summed E-state index contributed by atoms with van der Waals surface area (Å²) in [6.45, 7) is 0. The summed E-state index contributed by atoms with van der Waals surface area (Å²) in [5.41, 5.74) is 0.930. The van der Waals surface area contributed by atoms with E-state index in [-0.39, 0.29) is 12.8 Å². The zero-order valence-corrected chi connectivity index (χ0v) is 9.86. The Kier molecular flexibility index (Phi) is 5.00. The van der Waals surface area contributed by atoms with Crippen molar-refractivity contribution in [1.82, 2.24) is 0 Å². The fourth-order valence-corrected chi connectivity index (χ4v) is 1.18. The molecule has 0 fully saturated rings. The second-order valence-corrected chi connectivity index (χ2v) is 3.32. The van der Waals surface area contributed by atoms with E-state index in [1.165, 1.54) is 7.11 Å². The first-order valence-electron chi connectivity index (χ1n) is 5.21. The molecule has 1 aromatic rings. The lowest BCUT2D eigenvalue weighted by atomic mass is 10.3. The van der Waals surface area contributed by atoms with Crippen LogP contribution >= 0.6 is 0 Å². The van der Waals surface area contributed by atoms with Crippen molar-refractivity contribution < 1.29 is 19.1 Å². The van der Waals surface area contributed by atoms with Gasteiger partial charge in [0, 0.05) is 12.7 Å². The molecular formula is C12H15NO4. The van der Waals surface area contributed by atoms with Crippen molar-refractivity contribution in [2.75, 3.05) is 19.5 Å². The van der Waals surface area contributed by atoms with Gasteiger partial charge in [0.2, 0.25) is 0 Å². The Morgan fingerprint density at radius 1 is 1.12 bits per heavy atom. The number of methoxy groups -OCH3 is 1. The van der Waals surface area contributed by atoms with E-state index in [0.717, 1.165) is 5.69 Å². The molecule has 1 aromatic carbocycles. The third-order valence-corrected chi connectivity index (χ3v) is 2.14. The van der Waals surface area contributed by atoms with Crippen molar-refractivity contribution in [3.63, 3.8) is 0 Å². The lowest BCUT2D eigenvalue weighted by molar-refractivity contribution is -0.144. The van der Waals surface area contributed by atoms with Crippen LogP contribution in [0.5, 0.6) is 5.75 Å². The van der Waals surface area contributed by atoms with E-state index < -0.39 is 11.9 Å². The summed E-state index contributed by atoms with van der Waals surface area (Å²) in [7, 11) is 3.08. The molecule has 0 radical (unpaired) electrons. The molecule has 0 saturated carbocycles. The monoisotopic (exact) mass is 237 g/mol. The minimum absolute atomic E-state index is 0.0143. The number of nitrogens with one attached hydrogen (secondary N) is 1. The molecule has 1 N–H and O–H groups in total. The largest absolute Gasteiger partial charge is 0.469 e. The van der Waals surface area contributed by atoms with Crippen LogP contribution < -0.4 is 10.1 Å². The van der Waals surface area contributed by atoms with E-state index >= 15 is 0 Å². The van der Waals surface area contributed by atoms with Crippen molar-refractivity contribution in [1.29, 1.82) is 0 Å². The molecule has 0 aliphatic carbocycles. The number of esters is 2. The van der Waals surface area contributed by atoms with Gasteiger partial charge in [-0.05, 0) is 24.3 Å². The fourth-order valence-electron chi connectivity index (χ4n) is 1.18. The summed E-state index contributed by atoms with van der Waals surface area (Å²) >= 11 is 0. The Morgan fingerprint density at radius 3 is 2.24 bits per heavy atom. The maximum absolute atomic E-state index is 11.3. The maximum Gasteiger partial charge on any atom is 0.311 e. The second kappa shape index (κ2) is 6.52. The molecule has 0 saturated heterocycles. The number of ether oxygens (including phenoxy) is 2. The van der Waals surface area contributed by atoms with Crippen molar-refractivity contribution in [3.05, 3.63) is 24.3 Å². The predicted molar refractivity (Wildman–Crippen MR) is 62.9 cm³/mol. The van der Waals surface area contributed by atoms with Gasteiger partial charge < -0.3 is 14.8 Å². The van der Waals surface area contributed by atoms with E-state index in [9.17, 15) is 9.59 Å². The van der Waals surface area contributed by atoms with Crippen LogP contribution in [0.25, 0.3) is 0 Å². The topological polar surface area (TPSA) is 64.6 Å². The van der Waals surface area contributed by atoms with Crippen LogP contribution in [0.1, 0.15) is 12.8 Å². The number of hydrogen-bond acceptors (Lipinski definition) is 5. The number of hydrogen-bond donors (Lipinski definition) is 1. The van der Waals surface area contributed by atoms with Crippen LogP contribution in [0, 0.1) is 0 Å². The number of carbonyl (C=O) groups is 2. The molecule has 0 atom stereocenters. The van der Waals surface area contributed by atoms with E-state index in [1.54, 1.807) is 31.3 Å². The first-order valence-corrected chi connectivity index (χ1v) is 5.21. The van der Waals surface area contributed by atoms with E-state index in [0.29, 0.717) is 5.75 Å². The zero-order valence-electron chi connectivity index (χ0n) is 9.86. The standard InChI is InChI=1S/C12H15NO4/c1-13-9-3-5-10(6-4-9)17-12(15)8-7-11(14)16-2/h3-6,13H,7-8H2,1-2H3. The molecule has 0 bridgehead atoms. The third kappa shape index (κ3) is 4.55. The Morgan fingerprint density at radius 2 is 1.71 bits per heavy atom.